The molecule has 4 aromatic rings. The highest BCUT2D eigenvalue weighted by Gasteiger charge is 2.17. The van der Waals surface area contributed by atoms with Gasteiger partial charge in [-0.1, -0.05) is 30.3 Å². The number of aromatic nitrogens is 3. The Bertz CT molecular complexity index is 1340. The lowest BCUT2D eigenvalue weighted by atomic mass is 10.1. The molecular formula is C24H23N7O3. The monoisotopic (exact) mass is 457 g/mol. The normalized spacial score (nSPS) is 13.9. The summed E-state index contributed by atoms with van der Waals surface area (Å²) in [6, 6.07) is 18.6. The number of phenolic OH excluding ortho intramolecular Hbond substituents is 2. The minimum Gasteiger partial charge on any atom is -0.504 e. The zero-order valence-corrected chi connectivity index (χ0v) is 18.2. The third-order valence-electron chi connectivity index (χ3n) is 5.30. The minimum atomic E-state index is -0.222. The number of aromatic hydroxyl groups is 2. The molecule has 1 aromatic heterocycles. The van der Waals surface area contributed by atoms with Crippen LogP contribution in [0.15, 0.2) is 65.8 Å². The van der Waals surface area contributed by atoms with Crippen molar-refractivity contribution in [1.82, 2.24) is 15.0 Å². The maximum absolute atomic E-state index is 9.65. The molecule has 1 saturated heterocycles. The van der Waals surface area contributed by atoms with E-state index in [1.54, 1.807) is 6.07 Å². The van der Waals surface area contributed by atoms with Crippen molar-refractivity contribution < 1.29 is 14.9 Å². The molecular weight excluding hydrogens is 434 g/mol. The lowest BCUT2D eigenvalue weighted by Crippen LogP contribution is -2.37. The van der Waals surface area contributed by atoms with Crippen molar-refractivity contribution in [2.45, 2.75) is 0 Å². The number of nitrogens with one attached hydrogen (secondary N) is 2. The molecule has 2 heterocycles. The average Bonchev–Trinajstić information content (AvgIpc) is 2.86. The highest BCUT2D eigenvalue weighted by Crippen LogP contribution is 2.25. The van der Waals surface area contributed by atoms with Gasteiger partial charge in [0.1, 0.15) is 0 Å². The summed E-state index contributed by atoms with van der Waals surface area (Å²) in [5.74, 6) is 0.745. The summed E-state index contributed by atoms with van der Waals surface area (Å²) in [6.07, 6.45) is 1.49. The first-order chi connectivity index (χ1) is 16.6. The molecule has 10 nitrogen and oxygen atoms in total. The lowest BCUT2D eigenvalue weighted by molar-refractivity contribution is 0.122. The topological polar surface area (TPSA) is 128 Å². The Morgan fingerprint density at radius 2 is 1.65 bits per heavy atom. The summed E-state index contributed by atoms with van der Waals surface area (Å²) in [5.41, 5.74) is 4.28. The molecule has 0 aliphatic carbocycles. The van der Waals surface area contributed by atoms with Crippen molar-refractivity contribution in [2.24, 2.45) is 5.10 Å². The van der Waals surface area contributed by atoms with Gasteiger partial charge < -0.3 is 25.2 Å². The van der Waals surface area contributed by atoms with Crippen molar-refractivity contribution in [2.75, 3.05) is 41.9 Å². The van der Waals surface area contributed by atoms with Crippen molar-refractivity contribution >= 4 is 40.5 Å². The van der Waals surface area contributed by atoms with Crippen LogP contribution in [0.2, 0.25) is 0 Å². The van der Waals surface area contributed by atoms with E-state index in [4.69, 9.17) is 4.74 Å². The van der Waals surface area contributed by atoms with Crippen LogP contribution in [0, 0.1) is 0 Å². The van der Waals surface area contributed by atoms with Crippen LogP contribution in [-0.4, -0.2) is 57.7 Å². The fourth-order valence-corrected chi connectivity index (χ4v) is 3.56. The number of anilines is 4. The second-order valence-electron chi connectivity index (χ2n) is 7.69. The molecule has 0 bridgehead atoms. The number of ether oxygens (including phenoxy) is 1. The molecule has 34 heavy (non-hydrogen) atoms. The molecule has 5 rings (SSSR count). The predicted molar refractivity (Wildman–Crippen MR) is 131 cm³/mol. The standard InChI is InChI=1S/C24H23N7O3/c32-20-8-5-16(13-21(20)33)15-25-30-23-27-22(28-24(29-23)31-9-11-34-12-10-31)26-19-7-6-17-3-1-2-4-18(17)14-19/h1-8,13-15,32-33H,9-12H2,(H2,26,27,28,29,30). The number of hydrogen-bond acceptors (Lipinski definition) is 10. The van der Waals surface area contributed by atoms with Gasteiger partial charge in [-0.25, -0.2) is 5.43 Å². The Balaban J connectivity index is 1.41. The van der Waals surface area contributed by atoms with Gasteiger partial charge in [-0.2, -0.15) is 20.1 Å². The summed E-state index contributed by atoms with van der Waals surface area (Å²) >= 11 is 0. The van der Waals surface area contributed by atoms with Gasteiger partial charge in [0.05, 0.1) is 19.4 Å². The van der Waals surface area contributed by atoms with Crippen molar-refractivity contribution in [3.8, 4) is 11.5 Å². The van der Waals surface area contributed by atoms with Crippen LogP contribution in [-0.2, 0) is 4.74 Å². The van der Waals surface area contributed by atoms with E-state index in [2.05, 4.69) is 42.9 Å². The van der Waals surface area contributed by atoms with Crippen LogP contribution in [0.5, 0.6) is 11.5 Å². The average molecular weight is 457 g/mol. The van der Waals surface area contributed by atoms with Gasteiger partial charge in [0, 0.05) is 18.8 Å². The van der Waals surface area contributed by atoms with E-state index >= 15 is 0 Å². The van der Waals surface area contributed by atoms with Gasteiger partial charge in [0.25, 0.3) is 0 Å². The van der Waals surface area contributed by atoms with E-state index in [1.807, 2.05) is 35.2 Å². The van der Waals surface area contributed by atoms with Crippen LogP contribution in [0.3, 0.4) is 0 Å². The molecule has 4 N–H and O–H groups in total. The summed E-state index contributed by atoms with van der Waals surface area (Å²) in [7, 11) is 0. The maximum atomic E-state index is 9.65. The second-order valence-corrected chi connectivity index (χ2v) is 7.69. The van der Waals surface area contributed by atoms with Gasteiger partial charge in [0.2, 0.25) is 17.8 Å². The van der Waals surface area contributed by atoms with Gasteiger partial charge in [-0.05, 0) is 46.7 Å². The van der Waals surface area contributed by atoms with Crippen LogP contribution in [0.25, 0.3) is 10.8 Å². The van der Waals surface area contributed by atoms with E-state index in [1.165, 1.54) is 18.3 Å². The highest BCUT2D eigenvalue weighted by atomic mass is 16.5. The summed E-state index contributed by atoms with van der Waals surface area (Å²) in [5, 5.41) is 28.8. The summed E-state index contributed by atoms with van der Waals surface area (Å²) in [6.45, 7) is 2.55. The number of hydrogen-bond donors (Lipinski definition) is 4. The number of nitrogens with zero attached hydrogens (tertiary/aromatic N) is 5. The molecule has 0 spiro atoms. The molecule has 3 aromatic carbocycles. The van der Waals surface area contributed by atoms with Gasteiger partial charge in [0.15, 0.2) is 11.5 Å². The minimum absolute atomic E-state index is 0.192. The number of benzene rings is 3. The van der Waals surface area contributed by atoms with E-state index in [-0.39, 0.29) is 17.4 Å². The van der Waals surface area contributed by atoms with Gasteiger partial charge >= 0.3 is 0 Å². The predicted octanol–water partition coefficient (Wildman–Crippen LogP) is 3.46. The molecule has 1 aliphatic rings. The van der Waals surface area contributed by atoms with Crippen LogP contribution < -0.4 is 15.6 Å². The molecule has 0 radical (unpaired) electrons. The molecule has 0 saturated carbocycles. The molecule has 1 fully saturated rings. The zero-order valence-electron chi connectivity index (χ0n) is 18.2. The Kier molecular flexibility index (Phi) is 6.04. The quantitative estimate of drug-likeness (QED) is 0.195. The number of fused-ring (bicyclic) bond motifs is 1. The van der Waals surface area contributed by atoms with Crippen LogP contribution >= 0.6 is 0 Å². The maximum Gasteiger partial charge on any atom is 0.250 e. The molecule has 10 heteroatoms. The Hall–Kier alpha value is -4.44. The van der Waals surface area contributed by atoms with Crippen LogP contribution in [0.4, 0.5) is 23.5 Å². The fourth-order valence-electron chi connectivity index (χ4n) is 3.56. The van der Waals surface area contributed by atoms with Gasteiger partial charge in [-0.15, -0.1) is 0 Å². The Morgan fingerprint density at radius 3 is 2.47 bits per heavy atom. The summed E-state index contributed by atoms with van der Waals surface area (Å²) in [4.78, 5) is 15.6. The van der Waals surface area contributed by atoms with E-state index in [0.29, 0.717) is 43.8 Å². The number of hydrazone groups is 1. The van der Waals surface area contributed by atoms with E-state index in [0.717, 1.165) is 16.5 Å². The Labute approximate surface area is 195 Å². The summed E-state index contributed by atoms with van der Waals surface area (Å²) < 4.78 is 5.44. The first-order valence-corrected chi connectivity index (χ1v) is 10.8. The smallest absolute Gasteiger partial charge is 0.250 e. The molecule has 0 amide bonds. The van der Waals surface area contributed by atoms with Crippen molar-refractivity contribution in [3.05, 3.63) is 66.2 Å². The SMILES string of the molecule is Oc1ccc(C=NNc2nc(Nc3ccc4ccccc4c3)nc(N3CCOCC3)n2)cc1O. The largest absolute Gasteiger partial charge is 0.504 e. The first-order valence-electron chi connectivity index (χ1n) is 10.8. The fraction of sp³-hybridized carbons (Fsp3) is 0.167. The molecule has 0 atom stereocenters. The first kappa shape index (κ1) is 21.4. The van der Waals surface area contributed by atoms with Crippen molar-refractivity contribution in [1.29, 1.82) is 0 Å². The zero-order chi connectivity index (χ0) is 23.3. The van der Waals surface area contributed by atoms with Crippen LogP contribution in [0.1, 0.15) is 5.56 Å². The van der Waals surface area contributed by atoms with Gasteiger partial charge in [-0.3, -0.25) is 0 Å². The molecule has 0 unspecified atom stereocenters. The molecule has 172 valence electrons. The third kappa shape index (κ3) is 4.97. The van der Waals surface area contributed by atoms with Crippen molar-refractivity contribution in [3.63, 3.8) is 0 Å². The number of phenols is 2. The third-order valence-corrected chi connectivity index (χ3v) is 5.30. The Morgan fingerprint density at radius 1 is 0.853 bits per heavy atom. The molecule has 1 aliphatic heterocycles. The highest BCUT2D eigenvalue weighted by molar-refractivity contribution is 5.86. The second kappa shape index (κ2) is 9.59. The number of morpholine rings is 1. The van der Waals surface area contributed by atoms with E-state index in [9.17, 15) is 10.2 Å². The lowest BCUT2D eigenvalue weighted by Gasteiger charge is -2.27. The number of rotatable bonds is 6. The van der Waals surface area contributed by atoms with E-state index < -0.39 is 0 Å².